The first-order valence-corrected chi connectivity index (χ1v) is 8.92. The molecule has 2 aromatic carbocycles. The molecule has 1 aromatic heterocycles. The van der Waals surface area contributed by atoms with Crippen molar-refractivity contribution in [3.05, 3.63) is 66.1 Å². The number of halogens is 1. The van der Waals surface area contributed by atoms with Crippen LogP contribution in [0.5, 0.6) is 0 Å². The molecule has 4 rings (SSSR count). The van der Waals surface area contributed by atoms with Crippen LogP contribution in [0, 0.1) is 5.82 Å². The second kappa shape index (κ2) is 7.00. The second-order valence-electron chi connectivity index (χ2n) is 6.82. The van der Waals surface area contributed by atoms with Crippen LogP contribution >= 0.6 is 0 Å². The fraction of sp³-hybridized carbons (Fsp3) is 0.227. The van der Waals surface area contributed by atoms with E-state index in [9.17, 15) is 14.3 Å². The summed E-state index contributed by atoms with van der Waals surface area (Å²) in [5, 5.41) is 10.9. The predicted octanol–water partition coefficient (Wildman–Crippen LogP) is 4.06. The van der Waals surface area contributed by atoms with Gasteiger partial charge in [0.1, 0.15) is 11.9 Å². The first-order valence-electron chi connectivity index (χ1n) is 8.92. The molecule has 1 fully saturated rings. The van der Waals surface area contributed by atoms with Gasteiger partial charge in [-0.15, -0.1) is 0 Å². The summed E-state index contributed by atoms with van der Waals surface area (Å²) in [7, 11) is 1.97. The molecule has 0 unspecified atom stereocenters. The molecule has 1 saturated heterocycles. The summed E-state index contributed by atoms with van der Waals surface area (Å²) >= 11 is 0. The molecule has 1 aliphatic rings. The highest BCUT2D eigenvalue weighted by Crippen LogP contribution is 2.35. The number of para-hydroxylation sites is 1. The second-order valence-corrected chi connectivity index (χ2v) is 6.82. The normalized spacial score (nSPS) is 20.3. The highest BCUT2D eigenvalue weighted by atomic mass is 19.1. The maximum absolute atomic E-state index is 13.4. The lowest BCUT2D eigenvalue weighted by Gasteiger charge is -2.23. The fourth-order valence-corrected chi connectivity index (χ4v) is 3.65. The minimum absolute atomic E-state index is 0.0409. The summed E-state index contributed by atoms with van der Waals surface area (Å²) in [6.07, 6.45) is 3.01. The van der Waals surface area contributed by atoms with Gasteiger partial charge >= 0.3 is 5.97 Å². The third kappa shape index (κ3) is 3.38. The molecule has 27 heavy (non-hydrogen) atoms. The number of aliphatic hydroxyl groups excluding tert-OH is 1. The van der Waals surface area contributed by atoms with Crippen LogP contribution in [0.4, 0.5) is 4.39 Å². The van der Waals surface area contributed by atoms with Gasteiger partial charge in [-0.05, 0) is 35.9 Å². The topological polar surface area (TPSA) is 51.5 Å². The molecule has 2 atom stereocenters. The van der Waals surface area contributed by atoms with Crippen LogP contribution in [0.3, 0.4) is 0 Å². The van der Waals surface area contributed by atoms with Crippen molar-refractivity contribution >= 4 is 22.9 Å². The van der Waals surface area contributed by atoms with Gasteiger partial charge < -0.3 is 14.4 Å². The van der Waals surface area contributed by atoms with Crippen molar-refractivity contribution in [2.24, 2.45) is 7.05 Å². The number of aromatic nitrogens is 1. The Kier molecular flexibility index (Phi) is 4.54. The van der Waals surface area contributed by atoms with Crippen LogP contribution in [-0.4, -0.2) is 27.9 Å². The zero-order valence-electron chi connectivity index (χ0n) is 14.9. The van der Waals surface area contributed by atoms with E-state index in [1.807, 2.05) is 43.5 Å². The lowest BCUT2D eigenvalue weighted by Crippen LogP contribution is -2.31. The van der Waals surface area contributed by atoms with Gasteiger partial charge in [-0.2, -0.15) is 0 Å². The first kappa shape index (κ1) is 17.5. The average Bonchev–Trinajstić information content (AvgIpc) is 2.92. The number of ether oxygens (including phenoxy) is 1. The average molecular weight is 365 g/mol. The van der Waals surface area contributed by atoms with E-state index in [1.54, 1.807) is 12.1 Å². The molecule has 0 radical (unpaired) electrons. The molecular formula is C22H20FNO3. The van der Waals surface area contributed by atoms with Crippen LogP contribution in [0.1, 0.15) is 18.5 Å². The summed E-state index contributed by atoms with van der Waals surface area (Å²) in [5.74, 6) is -0.668. The fourth-order valence-electron chi connectivity index (χ4n) is 3.65. The zero-order valence-corrected chi connectivity index (χ0v) is 14.9. The highest BCUT2D eigenvalue weighted by molar-refractivity contribution is 6.00. The van der Waals surface area contributed by atoms with E-state index >= 15 is 0 Å². The Labute approximate surface area is 156 Å². The van der Waals surface area contributed by atoms with Gasteiger partial charge in [-0.1, -0.05) is 30.3 Å². The molecule has 138 valence electrons. The van der Waals surface area contributed by atoms with Gasteiger partial charge in [0, 0.05) is 35.6 Å². The molecule has 5 heteroatoms. The molecule has 0 spiro atoms. The summed E-state index contributed by atoms with van der Waals surface area (Å²) in [5.41, 5.74) is 3.89. The Morgan fingerprint density at radius 2 is 1.93 bits per heavy atom. The molecule has 1 aliphatic heterocycles. The monoisotopic (exact) mass is 365 g/mol. The van der Waals surface area contributed by atoms with Gasteiger partial charge in [0.2, 0.25) is 0 Å². The summed E-state index contributed by atoms with van der Waals surface area (Å²) in [6.45, 7) is 0. The van der Waals surface area contributed by atoms with Crippen molar-refractivity contribution in [2.75, 3.05) is 0 Å². The van der Waals surface area contributed by atoms with E-state index in [-0.39, 0.29) is 18.2 Å². The van der Waals surface area contributed by atoms with E-state index < -0.39 is 12.2 Å². The molecule has 0 saturated carbocycles. The largest absolute Gasteiger partial charge is 0.458 e. The number of benzene rings is 2. The Balaban J connectivity index is 1.81. The van der Waals surface area contributed by atoms with Crippen LogP contribution in [0.2, 0.25) is 0 Å². The molecule has 0 aliphatic carbocycles. The number of rotatable bonds is 3. The SMILES string of the molecule is Cn1c(/C=C/[C@@H]2C[C@@H](O)CC(=O)O2)c(-c2ccc(F)cc2)c2ccccc21. The first-order chi connectivity index (χ1) is 13.0. The lowest BCUT2D eigenvalue weighted by atomic mass is 10.0. The van der Waals surface area contributed by atoms with Gasteiger partial charge in [0.15, 0.2) is 0 Å². The highest BCUT2D eigenvalue weighted by Gasteiger charge is 2.25. The molecule has 2 heterocycles. The van der Waals surface area contributed by atoms with Crippen LogP contribution in [-0.2, 0) is 16.6 Å². The molecule has 3 aromatic rings. The molecule has 4 nitrogen and oxygen atoms in total. The van der Waals surface area contributed by atoms with E-state index in [1.165, 1.54) is 12.1 Å². The standard InChI is InChI=1S/C22H20FNO3/c1-24-19-5-3-2-4-18(19)22(14-6-8-15(23)9-7-14)20(24)11-10-17-12-16(25)13-21(26)27-17/h2-11,16-17,25H,12-13H2,1H3/b11-10+/t16-,17-/m1/s1. The quantitative estimate of drug-likeness (QED) is 0.712. The maximum atomic E-state index is 13.4. The number of hydrogen-bond donors (Lipinski definition) is 1. The Morgan fingerprint density at radius 3 is 2.67 bits per heavy atom. The Bertz CT molecular complexity index is 1020. The molecule has 0 bridgehead atoms. The van der Waals surface area contributed by atoms with E-state index in [2.05, 4.69) is 4.57 Å². The Morgan fingerprint density at radius 1 is 1.19 bits per heavy atom. The number of fused-ring (bicyclic) bond motifs is 1. The van der Waals surface area contributed by atoms with Crippen LogP contribution in [0.15, 0.2) is 54.6 Å². The molecular weight excluding hydrogens is 345 g/mol. The van der Waals surface area contributed by atoms with E-state index in [0.717, 1.165) is 27.7 Å². The zero-order chi connectivity index (χ0) is 19.0. The smallest absolute Gasteiger partial charge is 0.309 e. The Hall–Kier alpha value is -2.92. The summed E-state index contributed by atoms with van der Waals surface area (Å²) in [6, 6.07) is 14.4. The molecule has 1 N–H and O–H groups in total. The summed E-state index contributed by atoms with van der Waals surface area (Å²) in [4.78, 5) is 11.6. The van der Waals surface area contributed by atoms with Gasteiger partial charge in [0.25, 0.3) is 0 Å². The summed E-state index contributed by atoms with van der Waals surface area (Å²) < 4.78 is 20.8. The van der Waals surface area contributed by atoms with Crippen molar-refractivity contribution in [1.82, 2.24) is 4.57 Å². The maximum Gasteiger partial charge on any atom is 0.309 e. The van der Waals surface area contributed by atoms with Gasteiger partial charge in [-0.3, -0.25) is 4.79 Å². The van der Waals surface area contributed by atoms with Gasteiger partial charge in [-0.25, -0.2) is 4.39 Å². The number of esters is 1. The third-order valence-corrected chi connectivity index (χ3v) is 4.94. The lowest BCUT2D eigenvalue weighted by molar-refractivity contribution is -0.156. The van der Waals surface area contributed by atoms with Crippen LogP contribution in [0.25, 0.3) is 28.1 Å². The van der Waals surface area contributed by atoms with Crippen molar-refractivity contribution < 1.29 is 19.0 Å². The minimum atomic E-state index is -0.676. The predicted molar refractivity (Wildman–Crippen MR) is 102 cm³/mol. The third-order valence-electron chi connectivity index (χ3n) is 4.94. The van der Waals surface area contributed by atoms with Crippen molar-refractivity contribution in [3.63, 3.8) is 0 Å². The molecule has 0 amide bonds. The number of nitrogens with zero attached hydrogens (tertiary/aromatic N) is 1. The van der Waals surface area contributed by atoms with E-state index in [0.29, 0.717) is 6.42 Å². The number of aliphatic hydroxyl groups is 1. The number of carbonyl (C=O) groups excluding carboxylic acids is 1. The number of carbonyl (C=O) groups is 1. The minimum Gasteiger partial charge on any atom is -0.458 e. The number of cyclic esters (lactones) is 1. The van der Waals surface area contributed by atoms with E-state index in [4.69, 9.17) is 4.74 Å². The van der Waals surface area contributed by atoms with Gasteiger partial charge in [0.05, 0.1) is 12.5 Å². The number of hydrogen-bond acceptors (Lipinski definition) is 3. The van der Waals surface area contributed by atoms with Crippen molar-refractivity contribution in [3.8, 4) is 11.1 Å². The van der Waals surface area contributed by atoms with Crippen molar-refractivity contribution in [2.45, 2.75) is 25.0 Å². The van der Waals surface area contributed by atoms with Crippen LogP contribution < -0.4 is 0 Å². The van der Waals surface area contributed by atoms with Crippen molar-refractivity contribution in [1.29, 1.82) is 0 Å². The number of aryl methyl sites for hydroxylation is 1.